The molecule has 7 heteroatoms. The molecule has 0 radical (unpaired) electrons. The molecule has 0 saturated carbocycles. The third kappa shape index (κ3) is 4.71. The van der Waals surface area contributed by atoms with E-state index in [0.29, 0.717) is 16.4 Å². The standard InChI is InChI=1S/C20H17FN2O3S/c1-25-15-7-3-13(4-8-15)5-10-19(24)23-20-22-17(12-27-20)14-6-9-18(26-2)16(21)11-14/h3-12H,1-2H3,(H,22,23,24)/b10-5+. The summed E-state index contributed by atoms with van der Waals surface area (Å²) >= 11 is 1.27. The number of methoxy groups -OCH3 is 2. The molecular weight excluding hydrogens is 367 g/mol. The van der Waals surface area contributed by atoms with E-state index in [0.717, 1.165) is 11.3 Å². The predicted octanol–water partition coefficient (Wildman–Crippen LogP) is 4.62. The van der Waals surface area contributed by atoms with Gasteiger partial charge in [-0.2, -0.15) is 0 Å². The van der Waals surface area contributed by atoms with E-state index in [1.807, 2.05) is 24.3 Å². The molecule has 0 aliphatic heterocycles. The first-order chi connectivity index (χ1) is 13.1. The maximum absolute atomic E-state index is 13.8. The molecule has 1 aromatic heterocycles. The van der Waals surface area contributed by atoms with Crippen molar-refractivity contribution in [2.24, 2.45) is 0 Å². The Morgan fingerprint density at radius 3 is 2.59 bits per heavy atom. The van der Waals surface area contributed by atoms with Crippen molar-refractivity contribution in [3.05, 3.63) is 65.3 Å². The van der Waals surface area contributed by atoms with Crippen molar-refractivity contribution in [3.63, 3.8) is 0 Å². The van der Waals surface area contributed by atoms with E-state index in [9.17, 15) is 9.18 Å². The van der Waals surface area contributed by atoms with Crippen LogP contribution in [0.3, 0.4) is 0 Å². The van der Waals surface area contributed by atoms with Crippen LogP contribution >= 0.6 is 11.3 Å². The number of ether oxygens (including phenoxy) is 2. The summed E-state index contributed by atoms with van der Waals surface area (Å²) in [6.45, 7) is 0. The Labute approximate surface area is 160 Å². The average molecular weight is 384 g/mol. The van der Waals surface area contributed by atoms with E-state index in [1.54, 1.807) is 30.7 Å². The molecule has 0 saturated heterocycles. The first-order valence-corrected chi connectivity index (χ1v) is 8.89. The SMILES string of the molecule is COc1ccc(/C=C/C(=O)Nc2nc(-c3ccc(OC)c(F)c3)cs2)cc1. The molecule has 1 amide bonds. The number of carbonyl (C=O) groups excluding carboxylic acids is 1. The second-order valence-corrected chi connectivity index (χ2v) is 6.34. The lowest BCUT2D eigenvalue weighted by atomic mass is 10.1. The third-order valence-electron chi connectivity index (χ3n) is 3.72. The quantitative estimate of drug-likeness (QED) is 0.630. The van der Waals surface area contributed by atoms with Crippen LogP contribution < -0.4 is 14.8 Å². The zero-order valence-electron chi connectivity index (χ0n) is 14.7. The fourth-order valence-electron chi connectivity index (χ4n) is 2.32. The second-order valence-electron chi connectivity index (χ2n) is 5.48. The van der Waals surface area contributed by atoms with Crippen LogP contribution in [0.2, 0.25) is 0 Å². The molecule has 2 aromatic carbocycles. The van der Waals surface area contributed by atoms with Crippen molar-refractivity contribution in [3.8, 4) is 22.8 Å². The number of amides is 1. The molecule has 5 nitrogen and oxygen atoms in total. The summed E-state index contributed by atoms with van der Waals surface area (Å²) in [5, 5.41) is 4.89. The average Bonchev–Trinajstić information content (AvgIpc) is 3.15. The van der Waals surface area contributed by atoms with E-state index < -0.39 is 5.82 Å². The molecule has 3 aromatic rings. The zero-order chi connectivity index (χ0) is 19.2. The minimum absolute atomic E-state index is 0.172. The van der Waals surface area contributed by atoms with Gasteiger partial charge in [-0.05, 0) is 42.0 Å². The van der Waals surface area contributed by atoms with Crippen LogP contribution in [0, 0.1) is 5.82 Å². The summed E-state index contributed by atoms with van der Waals surface area (Å²) in [5.41, 5.74) is 2.06. The highest BCUT2D eigenvalue weighted by Gasteiger charge is 2.09. The molecule has 0 unspecified atom stereocenters. The third-order valence-corrected chi connectivity index (χ3v) is 4.48. The Balaban J connectivity index is 1.65. The zero-order valence-corrected chi connectivity index (χ0v) is 15.5. The fraction of sp³-hybridized carbons (Fsp3) is 0.100. The number of benzene rings is 2. The number of rotatable bonds is 6. The van der Waals surface area contributed by atoms with Crippen molar-refractivity contribution in [2.45, 2.75) is 0 Å². The van der Waals surface area contributed by atoms with Gasteiger partial charge in [0.2, 0.25) is 5.91 Å². The molecule has 1 N–H and O–H groups in total. The monoisotopic (exact) mass is 384 g/mol. The van der Waals surface area contributed by atoms with E-state index >= 15 is 0 Å². The minimum atomic E-state index is -0.462. The predicted molar refractivity (Wildman–Crippen MR) is 105 cm³/mol. The van der Waals surface area contributed by atoms with Gasteiger partial charge in [0.1, 0.15) is 5.75 Å². The topological polar surface area (TPSA) is 60.5 Å². The lowest BCUT2D eigenvalue weighted by Crippen LogP contribution is -2.07. The number of anilines is 1. The van der Waals surface area contributed by atoms with Gasteiger partial charge < -0.3 is 9.47 Å². The molecule has 1 heterocycles. The molecule has 0 atom stereocenters. The van der Waals surface area contributed by atoms with Crippen LogP contribution in [0.25, 0.3) is 17.3 Å². The first-order valence-electron chi connectivity index (χ1n) is 8.01. The van der Waals surface area contributed by atoms with Gasteiger partial charge in [0.05, 0.1) is 19.9 Å². The highest BCUT2D eigenvalue weighted by Crippen LogP contribution is 2.28. The number of hydrogen-bond acceptors (Lipinski definition) is 5. The van der Waals surface area contributed by atoms with Gasteiger partial charge in [0.25, 0.3) is 0 Å². The molecule has 27 heavy (non-hydrogen) atoms. The van der Waals surface area contributed by atoms with Crippen molar-refractivity contribution >= 4 is 28.5 Å². The molecule has 0 aliphatic rings. The van der Waals surface area contributed by atoms with Crippen molar-refractivity contribution in [1.82, 2.24) is 4.98 Å². The van der Waals surface area contributed by atoms with Crippen LogP contribution in [-0.2, 0) is 4.79 Å². The summed E-state index contributed by atoms with van der Waals surface area (Å²) in [6.07, 6.45) is 3.12. The molecule has 0 spiro atoms. The van der Waals surface area contributed by atoms with Gasteiger partial charge in [0, 0.05) is 17.0 Å². The van der Waals surface area contributed by atoms with Gasteiger partial charge in [-0.15, -0.1) is 11.3 Å². The number of thiazole rings is 1. The number of nitrogens with one attached hydrogen (secondary N) is 1. The number of carbonyl (C=O) groups is 1. The van der Waals surface area contributed by atoms with Crippen LogP contribution in [0.1, 0.15) is 5.56 Å². The van der Waals surface area contributed by atoms with Crippen LogP contribution in [0.4, 0.5) is 9.52 Å². The normalized spacial score (nSPS) is 10.8. The number of hydrogen-bond donors (Lipinski definition) is 1. The first kappa shape index (κ1) is 18.6. The molecule has 3 rings (SSSR count). The van der Waals surface area contributed by atoms with Gasteiger partial charge in [-0.25, -0.2) is 9.37 Å². The van der Waals surface area contributed by atoms with Crippen LogP contribution in [0.5, 0.6) is 11.5 Å². The Hall–Kier alpha value is -3.19. The highest BCUT2D eigenvalue weighted by atomic mass is 32.1. The van der Waals surface area contributed by atoms with Crippen molar-refractivity contribution < 1.29 is 18.7 Å². The Morgan fingerprint density at radius 1 is 1.15 bits per heavy atom. The highest BCUT2D eigenvalue weighted by molar-refractivity contribution is 7.14. The maximum Gasteiger partial charge on any atom is 0.250 e. The largest absolute Gasteiger partial charge is 0.497 e. The van der Waals surface area contributed by atoms with Gasteiger partial charge in [-0.3, -0.25) is 10.1 Å². The molecule has 0 fully saturated rings. The fourth-order valence-corrected chi connectivity index (χ4v) is 3.05. The van der Waals surface area contributed by atoms with E-state index in [2.05, 4.69) is 10.3 Å². The van der Waals surface area contributed by atoms with Crippen molar-refractivity contribution in [2.75, 3.05) is 19.5 Å². The van der Waals surface area contributed by atoms with Gasteiger partial charge in [0.15, 0.2) is 16.7 Å². The Morgan fingerprint density at radius 2 is 1.93 bits per heavy atom. The summed E-state index contributed by atoms with van der Waals surface area (Å²) in [4.78, 5) is 16.4. The Kier molecular flexibility index (Phi) is 5.83. The number of halogens is 1. The molecular formula is C20H17FN2O3S. The van der Waals surface area contributed by atoms with Crippen molar-refractivity contribution in [1.29, 1.82) is 0 Å². The number of aromatic nitrogens is 1. The number of nitrogens with zero attached hydrogens (tertiary/aromatic N) is 1. The lowest BCUT2D eigenvalue weighted by molar-refractivity contribution is -0.111. The van der Waals surface area contributed by atoms with E-state index in [1.165, 1.54) is 30.6 Å². The summed E-state index contributed by atoms with van der Waals surface area (Å²) in [5.74, 6) is 0.164. The van der Waals surface area contributed by atoms with E-state index in [-0.39, 0.29) is 11.7 Å². The minimum Gasteiger partial charge on any atom is -0.497 e. The van der Waals surface area contributed by atoms with Crippen LogP contribution in [-0.4, -0.2) is 25.1 Å². The van der Waals surface area contributed by atoms with Gasteiger partial charge in [-0.1, -0.05) is 12.1 Å². The van der Waals surface area contributed by atoms with Gasteiger partial charge >= 0.3 is 0 Å². The maximum atomic E-state index is 13.8. The van der Waals surface area contributed by atoms with Crippen LogP contribution in [0.15, 0.2) is 53.9 Å². The summed E-state index contributed by atoms with van der Waals surface area (Å²) in [6, 6.07) is 11.9. The van der Waals surface area contributed by atoms with E-state index in [4.69, 9.17) is 9.47 Å². The molecule has 0 bridgehead atoms. The Bertz CT molecular complexity index is 968. The summed E-state index contributed by atoms with van der Waals surface area (Å²) < 4.78 is 23.8. The molecule has 0 aliphatic carbocycles. The molecule has 138 valence electrons. The second kappa shape index (κ2) is 8.46. The summed E-state index contributed by atoms with van der Waals surface area (Å²) in [7, 11) is 3.01. The smallest absolute Gasteiger partial charge is 0.250 e. The lowest BCUT2D eigenvalue weighted by Gasteiger charge is -2.03.